The zero-order valence-electron chi connectivity index (χ0n) is 10.9. The van der Waals surface area contributed by atoms with Gasteiger partial charge in [0.1, 0.15) is 17.5 Å². The molecule has 1 N–H and O–H groups in total. The highest BCUT2D eigenvalue weighted by molar-refractivity contribution is 5.82. The molecule has 5 nitrogen and oxygen atoms in total. The summed E-state index contributed by atoms with van der Waals surface area (Å²) in [6, 6.07) is 7.24. The molecule has 0 spiro atoms. The van der Waals surface area contributed by atoms with E-state index in [-0.39, 0.29) is 5.82 Å². The lowest BCUT2D eigenvalue weighted by atomic mass is 10.1. The van der Waals surface area contributed by atoms with Crippen molar-refractivity contribution in [2.75, 3.05) is 13.7 Å². The highest BCUT2D eigenvalue weighted by atomic mass is 19.1. The van der Waals surface area contributed by atoms with Crippen LogP contribution in [0.5, 0.6) is 0 Å². The molecule has 0 aliphatic carbocycles. The number of fused-ring (bicyclic) bond motifs is 1. The third kappa shape index (κ3) is 2.25. The Morgan fingerprint density at radius 2 is 2.10 bits per heavy atom. The molecule has 3 aromatic rings. The molecule has 0 aliphatic rings. The Morgan fingerprint density at radius 1 is 1.25 bits per heavy atom. The van der Waals surface area contributed by atoms with Crippen LogP contribution in [0.25, 0.3) is 22.4 Å². The molecule has 0 unspecified atom stereocenters. The van der Waals surface area contributed by atoms with Crippen LogP contribution in [0.1, 0.15) is 5.56 Å². The largest absolute Gasteiger partial charge is 0.384 e. The summed E-state index contributed by atoms with van der Waals surface area (Å²) in [7, 11) is 1.60. The minimum atomic E-state index is -0.305. The van der Waals surface area contributed by atoms with Crippen molar-refractivity contribution in [3.05, 3.63) is 42.0 Å². The van der Waals surface area contributed by atoms with E-state index in [1.165, 1.54) is 6.33 Å². The topological polar surface area (TPSA) is 63.7 Å². The number of hydrogen-bond acceptors (Lipinski definition) is 4. The SMILES string of the molecule is COCCc1ccc2ccc(-c3ncn[nH]3)nc2c1F. The van der Waals surface area contributed by atoms with Crippen molar-refractivity contribution in [1.29, 1.82) is 0 Å². The average molecular weight is 272 g/mol. The molecular formula is C14H13FN4O. The first kappa shape index (κ1) is 12.7. The Morgan fingerprint density at radius 3 is 2.85 bits per heavy atom. The van der Waals surface area contributed by atoms with E-state index in [9.17, 15) is 4.39 Å². The van der Waals surface area contributed by atoms with Crippen LogP contribution in [0.3, 0.4) is 0 Å². The van der Waals surface area contributed by atoms with Gasteiger partial charge in [0.25, 0.3) is 0 Å². The van der Waals surface area contributed by atoms with E-state index in [0.29, 0.717) is 35.6 Å². The lowest BCUT2D eigenvalue weighted by Gasteiger charge is -2.06. The lowest BCUT2D eigenvalue weighted by molar-refractivity contribution is 0.201. The Bertz CT molecular complexity index is 727. The maximum atomic E-state index is 14.4. The first-order chi connectivity index (χ1) is 9.79. The fourth-order valence-electron chi connectivity index (χ4n) is 2.06. The first-order valence-electron chi connectivity index (χ1n) is 6.22. The maximum Gasteiger partial charge on any atom is 0.174 e. The highest BCUT2D eigenvalue weighted by Crippen LogP contribution is 2.23. The van der Waals surface area contributed by atoms with Crippen LogP contribution in [0.4, 0.5) is 4.39 Å². The van der Waals surface area contributed by atoms with Crippen LogP contribution in [-0.4, -0.2) is 33.9 Å². The van der Waals surface area contributed by atoms with Crippen molar-refractivity contribution < 1.29 is 9.13 Å². The lowest BCUT2D eigenvalue weighted by Crippen LogP contribution is -1.99. The number of benzene rings is 1. The van der Waals surface area contributed by atoms with Crippen molar-refractivity contribution in [3.63, 3.8) is 0 Å². The predicted octanol–water partition coefficient (Wildman–Crippen LogP) is 2.35. The van der Waals surface area contributed by atoms with E-state index in [4.69, 9.17) is 4.74 Å². The van der Waals surface area contributed by atoms with E-state index < -0.39 is 0 Å². The number of ether oxygens (including phenoxy) is 1. The van der Waals surface area contributed by atoms with Crippen molar-refractivity contribution >= 4 is 10.9 Å². The highest BCUT2D eigenvalue weighted by Gasteiger charge is 2.11. The van der Waals surface area contributed by atoms with Crippen LogP contribution >= 0.6 is 0 Å². The molecule has 0 radical (unpaired) electrons. The Hall–Kier alpha value is -2.34. The molecule has 0 amide bonds. The molecule has 2 heterocycles. The molecule has 1 aromatic carbocycles. The molecule has 0 saturated carbocycles. The van der Waals surface area contributed by atoms with Gasteiger partial charge in [-0.2, -0.15) is 5.10 Å². The predicted molar refractivity (Wildman–Crippen MR) is 72.7 cm³/mol. The smallest absolute Gasteiger partial charge is 0.174 e. The number of aromatic nitrogens is 4. The van der Waals surface area contributed by atoms with Gasteiger partial charge in [0.2, 0.25) is 0 Å². The Labute approximate surface area is 114 Å². The minimum absolute atomic E-state index is 0.305. The Balaban J connectivity index is 2.09. The average Bonchev–Trinajstić information content (AvgIpc) is 3.01. The third-order valence-electron chi connectivity index (χ3n) is 3.11. The standard InChI is InChI=1S/C14H13FN4O/c1-20-7-6-9-2-3-10-4-5-11(14-16-8-17-19-14)18-13(10)12(9)15/h2-5,8H,6-7H2,1H3,(H,16,17,19). The van der Waals surface area contributed by atoms with E-state index in [1.54, 1.807) is 19.2 Å². The van der Waals surface area contributed by atoms with E-state index in [2.05, 4.69) is 20.2 Å². The summed E-state index contributed by atoms with van der Waals surface area (Å²) < 4.78 is 19.4. The number of rotatable bonds is 4. The van der Waals surface area contributed by atoms with Crippen molar-refractivity contribution in [3.8, 4) is 11.5 Å². The number of aromatic amines is 1. The zero-order chi connectivity index (χ0) is 13.9. The summed E-state index contributed by atoms with van der Waals surface area (Å²) in [5.41, 5.74) is 1.51. The zero-order valence-corrected chi connectivity index (χ0v) is 10.9. The molecule has 2 aromatic heterocycles. The maximum absolute atomic E-state index is 14.4. The molecular weight excluding hydrogens is 259 g/mol. The summed E-state index contributed by atoms with van der Waals surface area (Å²) in [5, 5.41) is 7.25. The quantitative estimate of drug-likeness (QED) is 0.791. The van der Waals surface area contributed by atoms with Gasteiger partial charge in [-0.3, -0.25) is 5.10 Å². The monoisotopic (exact) mass is 272 g/mol. The van der Waals surface area contributed by atoms with Gasteiger partial charge in [-0.05, 0) is 18.1 Å². The van der Waals surface area contributed by atoms with Gasteiger partial charge in [0.05, 0.1) is 6.61 Å². The molecule has 3 rings (SSSR count). The third-order valence-corrected chi connectivity index (χ3v) is 3.11. The molecule has 0 fully saturated rings. The van der Waals surface area contributed by atoms with Gasteiger partial charge in [0, 0.05) is 12.5 Å². The Kier molecular flexibility index (Phi) is 3.39. The fourth-order valence-corrected chi connectivity index (χ4v) is 2.06. The number of hydrogen-bond donors (Lipinski definition) is 1. The normalized spacial score (nSPS) is 11.1. The number of nitrogens with one attached hydrogen (secondary N) is 1. The number of H-pyrrole nitrogens is 1. The van der Waals surface area contributed by atoms with E-state index in [0.717, 1.165) is 5.39 Å². The van der Waals surface area contributed by atoms with Gasteiger partial charge in [-0.1, -0.05) is 18.2 Å². The van der Waals surface area contributed by atoms with Crippen LogP contribution in [0.2, 0.25) is 0 Å². The van der Waals surface area contributed by atoms with E-state index in [1.807, 2.05) is 12.1 Å². The molecule has 0 atom stereocenters. The second-order valence-electron chi connectivity index (χ2n) is 4.38. The van der Waals surface area contributed by atoms with Crippen LogP contribution in [0, 0.1) is 5.82 Å². The van der Waals surface area contributed by atoms with Gasteiger partial charge in [0.15, 0.2) is 11.6 Å². The first-order valence-corrected chi connectivity index (χ1v) is 6.22. The molecule has 0 bridgehead atoms. The number of methoxy groups -OCH3 is 1. The molecule has 20 heavy (non-hydrogen) atoms. The molecule has 0 saturated heterocycles. The van der Waals surface area contributed by atoms with Crippen molar-refractivity contribution in [2.45, 2.75) is 6.42 Å². The summed E-state index contributed by atoms with van der Waals surface area (Å²) >= 11 is 0. The minimum Gasteiger partial charge on any atom is -0.384 e. The van der Waals surface area contributed by atoms with Crippen LogP contribution < -0.4 is 0 Å². The van der Waals surface area contributed by atoms with E-state index >= 15 is 0 Å². The summed E-state index contributed by atoms with van der Waals surface area (Å²) in [6.45, 7) is 0.476. The summed E-state index contributed by atoms with van der Waals surface area (Å²) in [6.07, 6.45) is 1.92. The van der Waals surface area contributed by atoms with Gasteiger partial charge >= 0.3 is 0 Å². The number of pyridine rings is 1. The molecule has 6 heteroatoms. The van der Waals surface area contributed by atoms with Gasteiger partial charge < -0.3 is 4.74 Å². The summed E-state index contributed by atoms with van der Waals surface area (Å²) in [5.74, 6) is 0.217. The molecule has 0 aliphatic heterocycles. The second kappa shape index (κ2) is 5.34. The van der Waals surface area contributed by atoms with Gasteiger partial charge in [-0.15, -0.1) is 0 Å². The van der Waals surface area contributed by atoms with Gasteiger partial charge in [-0.25, -0.2) is 14.4 Å². The second-order valence-corrected chi connectivity index (χ2v) is 4.38. The number of halogens is 1. The summed E-state index contributed by atoms with van der Waals surface area (Å²) in [4.78, 5) is 8.36. The van der Waals surface area contributed by atoms with Crippen LogP contribution in [0.15, 0.2) is 30.6 Å². The fraction of sp³-hybridized carbons (Fsp3) is 0.214. The van der Waals surface area contributed by atoms with Crippen molar-refractivity contribution in [1.82, 2.24) is 20.2 Å². The van der Waals surface area contributed by atoms with Crippen LogP contribution in [-0.2, 0) is 11.2 Å². The van der Waals surface area contributed by atoms with Crippen molar-refractivity contribution in [2.24, 2.45) is 0 Å². The number of nitrogens with zero attached hydrogens (tertiary/aromatic N) is 3. The molecule has 102 valence electrons.